The second-order valence-electron chi connectivity index (χ2n) is 6.85. The molecule has 0 atom stereocenters. The first kappa shape index (κ1) is 17.8. The van der Waals surface area contributed by atoms with Crippen molar-refractivity contribution in [3.8, 4) is 0 Å². The van der Waals surface area contributed by atoms with Crippen LogP contribution in [0.25, 0.3) is 0 Å². The summed E-state index contributed by atoms with van der Waals surface area (Å²) in [6.45, 7) is 23.8. The van der Waals surface area contributed by atoms with Gasteiger partial charge in [0.2, 0.25) is 0 Å². The van der Waals surface area contributed by atoms with Crippen molar-refractivity contribution in [3.63, 3.8) is 0 Å². The Bertz CT molecular complexity index is 143. The van der Waals surface area contributed by atoms with E-state index >= 15 is 0 Å². The van der Waals surface area contributed by atoms with Crippen LogP contribution in [0.5, 0.6) is 0 Å². The van der Waals surface area contributed by atoms with Gasteiger partial charge in [0, 0.05) is 0 Å². The molecule has 0 N–H and O–H groups in total. The average Bonchev–Trinajstić information content (AvgIpc) is 1.44. The Morgan fingerprint density at radius 3 is 0.643 bits per heavy atom. The molecule has 0 radical (unpaired) electrons. The van der Waals surface area contributed by atoms with Crippen molar-refractivity contribution in [3.05, 3.63) is 0 Å². The molecule has 0 aromatic carbocycles. The third-order valence-electron chi connectivity index (χ3n) is 2.01. The molecule has 0 aromatic rings. The standard InChI is InChI=1S/C9H27PSi3.H2S/c1-11(2,3)10(12(4,5)6)13(7,8)9;/h1-9H3;1H2. The van der Waals surface area contributed by atoms with E-state index in [4.69, 9.17) is 0 Å². The predicted molar refractivity (Wildman–Crippen MR) is 87.3 cm³/mol. The topological polar surface area (TPSA) is 0 Å². The fourth-order valence-corrected chi connectivity index (χ4v) is 81.5. The predicted octanol–water partition coefficient (Wildman–Crippen LogP) is 5.09. The largest absolute Gasteiger partial charge is 0.197 e. The molecule has 0 spiro atoms. The Hall–Kier alpha value is 1.43. The normalized spacial score (nSPS) is 14.1. The summed E-state index contributed by atoms with van der Waals surface area (Å²) in [5, 5.41) is 0. The van der Waals surface area contributed by atoms with E-state index in [1.165, 1.54) is 0 Å². The monoisotopic (exact) mass is 284 g/mol. The lowest BCUT2D eigenvalue weighted by molar-refractivity contribution is 1.81. The van der Waals surface area contributed by atoms with E-state index in [9.17, 15) is 0 Å². The van der Waals surface area contributed by atoms with Crippen molar-refractivity contribution in [2.24, 2.45) is 0 Å². The molecule has 0 fully saturated rings. The van der Waals surface area contributed by atoms with Crippen LogP contribution in [0.2, 0.25) is 58.9 Å². The Labute approximate surface area is 102 Å². The van der Waals surface area contributed by atoms with Crippen molar-refractivity contribution in [2.75, 3.05) is 0 Å². The Morgan fingerprint density at radius 1 is 0.500 bits per heavy atom. The average molecular weight is 285 g/mol. The summed E-state index contributed by atoms with van der Waals surface area (Å²) < 4.78 is 0. The van der Waals surface area contributed by atoms with Crippen LogP contribution in [0.3, 0.4) is 0 Å². The molecule has 0 saturated carbocycles. The van der Waals surface area contributed by atoms with E-state index in [1.807, 2.05) is 0 Å². The van der Waals surface area contributed by atoms with Gasteiger partial charge in [0.05, 0.1) is 23.2 Å². The highest BCUT2D eigenvalue weighted by atomic mass is 32.1. The van der Waals surface area contributed by atoms with Gasteiger partial charge >= 0.3 is 0 Å². The van der Waals surface area contributed by atoms with Crippen molar-refractivity contribution in [2.45, 2.75) is 58.9 Å². The summed E-state index contributed by atoms with van der Waals surface area (Å²) in [5.41, 5.74) is 0. The molecule has 88 valence electrons. The quantitative estimate of drug-likeness (QED) is 0.500. The van der Waals surface area contributed by atoms with Crippen LogP contribution in [-0.4, -0.2) is 23.2 Å². The molecule has 0 heterocycles. The highest BCUT2D eigenvalue weighted by Gasteiger charge is 2.44. The Kier molecular flexibility index (Phi) is 6.58. The molecule has 0 bridgehead atoms. The van der Waals surface area contributed by atoms with Crippen molar-refractivity contribution in [1.82, 2.24) is 0 Å². The second kappa shape index (κ2) is 5.17. The molecule has 0 aliphatic carbocycles. The molecule has 0 rings (SSSR count). The zero-order chi connectivity index (χ0) is 11.1. The minimum absolute atomic E-state index is 0. The van der Waals surface area contributed by atoms with Gasteiger partial charge in [-0.2, -0.15) is 13.5 Å². The van der Waals surface area contributed by atoms with E-state index in [-0.39, 0.29) is 13.5 Å². The summed E-state index contributed by atoms with van der Waals surface area (Å²) >= 11 is 0. The third-order valence-corrected chi connectivity index (χ3v) is 54.3. The maximum atomic E-state index is 2.59. The first-order valence-electron chi connectivity index (χ1n) is 5.17. The Morgan fingerprint density at radius 2 is 0.643 bits per heavy atom. The van der Waals surface area contributed by atoms with E-state index in [1.54, 1.807) is 0 Å². The summed E-state index contributed by atoms with van der Waals surface area (Å²) in [7, 11) is -2.61. The second-order valence-corrected chi connectivity index (χ2v) is 40.7. The lowest BCUT2D eigenvalue weighted by Gasteiger charge is -2.47. The van der Waals surface area contributed by atoms with E-state index in [2.05, 4.69) is 58.9 Å². The number of hydrogen-bond donors (Lipinski definition) is 0. The minimum Gasteiger partial charge on any atom is -0.197 e. The molecule has 0 aliphatic heterocycles. The van der Waals surface area contributed by atoms with E-state index < -0.39 is 23.2 Å². The lowest BCUT2D eigenvalue weighted by Crippen LogP contribution is -2.43. The Balaban J connectivity index is 0. The summed E-state index contributed by atoms with van der Waals surface area (Å²) in [6, 6.07) is 0. The molecule has 0 nitrogen and oxygen atoms in total. The van der Waals surface area contributed by atoms with Gasteiger partial charge in [-0.1, -0.05) is 58.9 Å². The molecular formula is C9H29PSSi3. The fourth-order valence-electron chi connectivity index (χ4n) is 3.02. The van der Waals surface area contributed by atoms with Gasteiger partial charge in [-0.3, -0.25) is 0 Å². The first-order valence-corrected chi connectivity index (χ1v) is 19.5. The van der Waals surface area contributed by atoms with Crippen LogP contribution in [0.1, 0.15) is 0 Å². The number of rotatable bonds is 3. The van der Waals surface area contributed by atoms with Crippen LogP contribution >= 0.6 is 20.1 Å². The summed E-state index contributed by atoms with van der Waals surface area (Å²) in [5.74, 6) is 0. The zero-order valence-corrected chi connectivity index (χ0v) is 16.3. The van der Waals surface area contributed by atoms with Crippen LogP contribution in [0.15, 0.2) is 0 Å². The molecular weight excluding hydrogens is 255 g/mol. The first-order chi connectivity index (χ1) is 5.37. The van der Waals surface area contributed by atoms with Gasteiger partial charge in [0.1, 0.15) is 0 Å². The van der Waals surface area contributed by atoms with Gasteiger partial charge in [-0.05, 0) is 0 Å². The van der Waals surface area contributed by atoms with Crippen molar-refractivity contribution >= 4 is 43.3 Å². The molecule has 0 aromatic heterocycles. The van der Waals surface area contributed by atoms with E-state index in [0.717, 1.165) is 0 Å². The third kappa shape index (κ3) is 5.50. The van der Waals surface area contributed by atoms with E-state index in [0.29, 0.717) is 6.57 Å². The lowest BCUT2D eigenvalue weighted by atomic mass is 11.8. The van der Waals surface area contributed by atoms with Crippen LogP contribution in [0.4, 0.5) is 0 Å². The number of hydrogen-bond acceptors (Lipinski definition) is 0. The maximum Gasteiger partial charge on any atom is 0.0640 e. The molecule has 0 aliphatic rings. The minimum atomic E-state index is -0.869. The molecule has 0 saturated heterocycles. The van der Waals surface area contributed by atoms with Crippen LogP contribution in [0, 0.1) is 0 Å². The summed E-state index contributed by atoms with van der Waals surface area (Å²) in [6.07, 6.45) is 0. The molecule has 14 heavy (non-hydrogen) atoms. The molecule has 5 heteroatoms. The molecule has 0 amide bonds. The van der Waals surface area contributed by atoms with Crippen molar-refractivity contribution < 1.29 is 0 Å². The SMILES string of the molecule is C[Si](C)(C)P([Si](C)(C)C)[Si](C)(C)C.S. The fraction of sp³-hybridized carbons (Fsp3) is 1.00. The smallest absolute Gasteiger partial charge is 0.0640 e. The highest BCUT2D eigenvalue weighted by Crippen LogP contribution is 2.61. The maximum absolute atomic E-state index is 2.59. The zero-order valence-electron chi connectivity index (χ0n) is 11.4. The van der Waals surface area contributed by atoms with Gasteiger partial charge in [-0.15, -0.1) is 6.57 Å². The molecule has 0 unspecified atom stereocenters. The van der Waals surface area contributed by atoms with Gasteiger partial charge in [0.15, 0.2) is 0 Å². The highest BCUT2D eigenvalue weighted by molar-refractivity contribution is 8.37. The van der Waals surface area contributed by atoms with Crippen LogP contribution < -0.4 is 0 Å². The van der Waals surface area contributed by atoms with Crippen LogP contribution in [-0.2, 0) is 0 Å². The van der Waals surface area contributed by atoms with Gasteiger partial charge < -0.3 is 0 Å². The van der Waals surface area contributed by atoms with Gasteiger partial charge in [0.25, 0.3) is 0 Å². The van der Waals surface area contributed by atoms with Crippen molar-refractivity contribution in [1.29, 1.82) is 0 Å². The van der Waals surface area contributed by atoms with Gasteiger partial charge in [-0.25, -0.2) is 0 Å². The summed E-state index contributed by atoms with van der Waals surface area (Å²) in [4.78, 5) is 0.